The number of Topliss-reactive ketones (excluding diaryl/α,β-unsaturated/α-hetero) is 1. The van der Waals surface area contributed by atoms with Crippen molar-refractivity contribution in [2.24, 2.45) is 11.8 Å². The molecule has 0 saturated heterocycles. The summed E-state index contributed by atoms with van der Waals surface area (Å²) < 4.78 is 5.04. The number of hydrogen-bond acceptors (Lipinski definition) is 3. The molecule has 1 fully saturated rings. The Kier molecular flexibility index (Phi) is 3.94. The molecule has 1 rings (SSSR count). The van der Waals surface area contributed by atoms with Gasteiger partial charge in [-0.05, 0) is 39.5 Å². The third-order valence-electron chi connectivity index (χ3n) is 2.84. The minimum Gasteiger partial charge on any atom is -0.444 e. The minimum atomic E-state index is -0.521. The number of carbonyl (C=O) groups is 2. The van der Waals surface area contributed by atoms with Gasteiger partial charge in [0.1, 0.15) is 5.60 Å². The number of ether oxygens (including phenoxy) is 1. The lowest BCUT2D eigenvalue weighted by molar-refractivity contribution is -0.126. The Morgan fingerprint density at radius 2 is 1.94 bits per heavy atom. The molecular formula is C12H21NO3. The first-order valence-corrected chi connectivity index (χ1v) is 5.79. The van der Waals surface area contributed by atoms with Gasteiger partial charge in [0, 0.05) is 5.92 Å². The molecule has 0 bridgehead atoms. The highest BCUT2D eigenvalue weighted by atomic mass is 16.6. The summed E-state index contributed by atoms with van der Waals surface area (Å²) >= 11 is 0. The third-order valence-corrected chi connectivity index (χ3v) is 2.84. The van der Waals surface area contributed by atoms with Gasteiger partial charge in [-0.2, -0.15) is 0 Å². The van der Waals surface area contributed by atoms with Gasteiger partial charge in [-0.1, -0.05) is 6.92 Å². The van der Waals surface area contributed by atoms with E-state index in [1.54, 1.807) is 20.8 Å². The van der Waals surface area contributed by atoms with E-state index in [1.807, 2.05) is 0 Å². The normalized spacial score (nSPS) is 24.5. The average Bonchev–Trinajstić information content (AvgIpc) is 2.09. The van der Waals surface area contributed by atoms with Gasteiger partial charge in [-0.3, -0.25) is 4.79 Å². The van der Waals surface area contributed by atoms with E-state index in [9.17, 15) is 9.59 Å². The molecule has 0 aromatic rings. The van der Waals surface area contributed by atoms with Crippen molar-refractivity contribution in [2.45, 2.75) is 46.1 Å². The first-order valence-electron chi connectivity index (χ1n) is 5.79. The van der Waals surface area contributed by atoms with Crippen molar-refractivity contribution in [3.8, 4) is 0 Å². The SMILES string of the molecule is CC1CCC1C(=O)CNC(=O)OC(C)(C)C. The molecule has 0 radical (unpaired) electrons. The highest BCUT2D eigenvalue weighted by Crippen LogP contribution is 2.33. The highest BCUT2D eigenvalue weighted by Gasteiger charge is 2.32. The second-order valence-electron chi connectivity index (χ2n) is 5.48. The van der Waals surface area contributed by atoms with Gasteiger partial charge < -0.3 is 10.1 Å². The van der Waals surface area contributed by atoms with E-state index in [1.165, 1.54) is 0 Å². The van der Waals surface area contributed by atoms with E-state index in [2.05, 4.69) is 12.2 Å². The molecule has 4 heteroatoms. The molecule has 2 unspecified atom stereocenters. The van der Waals surface area contributed by atoms with Crippen LogP contribution in [0.5, 0.6) is 0 Å². The van der Waals surface area contributed by atoms with Crippen LogP contribution in [0.3, 0.4) is 0 Å². The Bertz CT molecular complexity index is 280. The molecule has 1 N–H and O–H groups in total. The number of nitrogens with one attached hydrogen (secondary N) is 1. The largest absolute Gasteiger partial charge is 0.444 e. The van der Waals surface area contributed by atoms with E-state index in [0.29, 0.717) is 5.92 Å². The number of carbonyl (C=O) groups excluding carboxylic acids is 2. The van der Waals surface area contributed by atoms with E-state index < -0.39 is 11.7 Å². The zero-order valence-electron chi connectivity index (χ0n) is 10.5. The van der Waals surface area contributed by atoms with Gasteiger partial charge in [-0.15, -0.1) is 0 Å². The van der Waals surface area contributed by atoms with Crippen LogP contribution in [0.25, 0.3) is 0 Å². The molecule has 0 aliphatic heterocycles. The lowest BCUT2D eigenvalue weighted by Crippen LogP contribution is -2.40. The zero-order chi connectivity index (χ0) is 12.3. The van der Waals surface area contributed by atoms with Crippen molar-refractivity contribution in [2.75, 3.05) is 6.54 Å². The Balaban J connectivity index is 2.24. The monoisotopic (exact) mass is 227 g/mol. The summed E-state index contributed by atoms with van der Waals surface area (Å²) in [6.07, 6.45) is 1.55. The van der Waals surface area contributed by atoms with E-state index in [4.69, 9.17) is 4.74 Å². The fraction of sp³-hybridized carbons (Fsp3) is 0.833. The van der Waals surface area contributed by atoms with Crippen molar-refractivity contribution in [1.82, 2.24) is 5.32 Å². The van der Waals surface area contributed by atoms with E-state index >= 15 is 0 Å². The predicted octanol–water partition coefficient (Wildman–Crippen LogP) is 2.13. The summed E-state index contributed by atoms with van der Waals surface area (Å²) in [5.74, 6) is 0.715. The summed E-state index contributed by atoms with van der Waals surface area (Å²) in [6.45, 7) is 7.54. The van der Waals surface area contributed by atoms with Crippen LogP contribution >= 0.6 is 0 Å². The van der Waals surface area contributed by atoms with Crippen molar-refractivity contribution in [3.63, 3.8) is 0 Å². The molecule has 1 saturated carbocycles. The number of alkyl carbamates (subject to hydrolysis) is 1. The standard InChI is InChI=1S/C12H21NO3/c1-8-5-6-9(8)10(14)7-13-11(15)16-12(2,3)4/h8-9H,5-7H2,1-4H3,(H,13,15). The van der Waals surface area contributed by atoms with Gasteiger partial charge in [0.05, 0.1) is 6.54 Å². The second kappa shape index (κ2) is 4.85. The fourth-order valence-corrected chi connectivity index (χ4v) is 1.75. The van der Waals surface area contributed by atoms with Crippen molar-refractivity contribution in [3.05, 3.63) is 0 Å². The molecule has 16 heavy (non-hydrogen) atoms. The smallest absolute Gasteiger partial charge is 0.408 e. The van der Waals surface area contributed by atoms with Crippen LogP contribution < -0.4 is 5.32 Å². The van der Waals surface area contributed by atoms with Crippen LogP contribution in [0, 0.1) is 11.8 Å². The molecule has 0 heterocycles. The molecular weight excluding hydrogens is 206 g/mol. The van der Waals surface area contributed by atoms with Gasteiger partial charge in [0.15, 0.2) is 5.78 Å². The fourth-order valence-electron chi connectivity index (χ4n) is 1.75. The Morgan fingerprint density at radius 3 is 2.31 bits per heavy atom. The molecule has 0 aromatic heterocycles. The van der Waals surface area contributed by atoms with Gasteiger partial charge in [0.2, 0.25) is 0 Å². The topological polar surface area (TPSA) is 55.4 Å². The van der Waals surface area contributed by atoms with Crippen molar-refractivity contribution < 1.29 is 14.3 Å². The molecule has 0 spiro atoms. The lowest BCUT2D eigenvalue weighted by Gasteiger charge is -2.32. The van der Waals surface area contributed by atoms with Gasteiger partial charge in [0.25, 0.3) is 0 Å². The molecule has 4 nitrogen and oxygen atoms in total. The van der Waals surface area contributed by atoms with Crippen LogP contribution in [-0.4, -0.2) is 24.0 Å². The number of rotatable bonds is 3. The lowest BCUT2D eigenvalue weighted by atomic mass is 9.72. The van der Waals surface area contributed by atoms with Crippen molar-refractivity contribution >= 4 is 11.9 Å². The van der Waals surface area contributed by atoms with E-state index in [-0.39, 0.29) is 18.2 Å². The van der Waals surface area contributed by atoms with E-state index in [0.717, 1.165) is 12.8 Å². The molecule has 2 atom stereocenters. The Labute approximate surface area is 96.7 Å². The maximum atomic E-state index is 11.6. The first-order chi connectivity index (χ1) is 7.29. The molecule has 0 aromatic carbocycles. The second-order valence-corrected chi connectivity index (χ2v) is 5.48. The Hall–Kier alpha value is -1.06. The van der Waals surface area contributed by atoms with Gasteiger partial charge >= 0.3 is 6.09 Å². The summed E-state index contributed by atoms with van der Waals surface area (Å²) in [6, 6.07) is 0. The summed E-state index contributed by atoms with van der Waals surface area (Å²) in [5, 5.41) is 2.50. The minimum absolute atomic E-state index is 0.0872. The highest BCUT2D eigenvalue weighted by molar-refractivity contribution is 5.86. The average molecular weight is 227 g/mol. The number of ketones is 1. The van der Waals surface area contributed by atoms with Crippen LogP contribution in [0.2, 0.25) is 0 Å². The summed E-state index contributed by atoms with van der Waals surface area (Å²) in [5.41, 5.74) is -0.517. The maximum absolute atomic E-state index is 11.6. The third kappa shape index (κ3) is 3.83. The molecule has 1 amide bonds. The molecule has 92 valence electrons. The molecule has 1 aliphatic rings. The quantitative estimate of drug-likeness (QED) is 0.803. The first kappa shape index (κ1) is 13.0. The number of amides is 1. The van der Waals surface area contributed by atoms with Crippen LogP contribution in [-0.2, 0) is 9.53 Å². The van der Waals surface area contributed by atoms with Crippen LogP contribution in [0.4, 0.5) is 4.79 Å². The van der Waals surface area contributed by atoms with Crippen LogP contribution in [0.15, 0.2) is 0 Å². The summed E-state index contributed by atoms with van der Waals surface area (Å²) in [4.78, 5) is 22.9. The number of hydrogen-bond donors (Lipinski definition) is 1. The Morgan fingerprint density at radius 1 is 1.31 bits per heavy atom. The predicted molar refractivity (Wildman–Crippen MR) is 61.1 cm³/mol. The summed E-state index contributed by atoms with van der Waals surface area (Å²) in [7, 11) is 0. The maximum Gasteiger partial charge on any atom is 0.408 e. The molecule has 1 aliphatic carbocycles. The van der Waals surface area contributed by atoms with Crippen LogP contribution in [0.1, 0.15) is 40.5 Å². The van der Waals surface area contributed by atoms with Crippen molar-refractivity contribution in [1.29, 1.82) is 0 Å². The van der Waals surface area contributed by atoms with Gasteiger partial charge in [-0.25, -0.2) is 4.79 Å². The zero-order valence-corrected chi connectivity index (χ0v) is 10.5.